The summed E-state index contributed by atoms with van der Waals surface area (Å²) in [5.74, 6) is 1.74. The summed E-state index contributed by atoms with van der Waals surface area (Å²) in [5.41, 5.74) is 0. The lowest BCUT2D eigenvalue weighted by atomic mass is 10.0. The van der Waals surface area contributed by atoms with Gasteiger partial charge in [0.05, 0.1) is 0 Å². The lowest BCUT2D eigenvalue weighted by Gasteiger charge is -2.17. The highest BCUT2D eigenvalue weighted by atomic mass is 16.1. The van der Waals surface area contributed by atoms with Crippen molar-refractivity contribution in [3.05, 3.63) is 12.2 Å². The highest BCUT2D eigenvalue weighted by Gasteiger charge is 2.10. The second kappa shape index (κ2) is 3.82. The van der Waals surface area contributed by atoms with Gasteiger partial charge in [-0.05, 0) is 25.2 Å². The van der Waals surface area contributed by atoms with Crippen LogP contribution in [0.25, 0.3) is 0 Å². The zero-order chi connectivity index (χ0) is 8.10. The standard InChI is InChI=1S/C9H11NO/c1-2-9(11)10-8-6-4-3-5-7-8/h1,3-4,8H,5-7H2,(H,10,11). The fraction of sp³-hybridized carbons (Fsp3) is 0.444. The molecule has 11 heavy (non-hydrogen) atoms. The minimum Gasteiger partial charge on any atom is -0.342 e. The lowest BCUT2D eigenvalue weighted by molar-refractivity contribution is -0.116. The molecule has 0 saturated heterocycles. The molecule has 2 heteroatoms. The third-order valence-corrected chi connectivity index (χ3v) is 1.74. The van der Waals surface area contributed by atoms with E-state index < -0.39 is 0 Å². The minimum absolute atomic E-state index is 0.253. The van der Waals surface area contributed by atoms with Crippen molar-refractivity contribution >= 4 is 5.91 Å². The van der Waals surface area contributed by atoms with Crippen molar-refractivity contribution in [3.8, 4) is 12.3 Å². The van der Waals surface area contributed by atoms with Crippen molar-refractivity contribution in [3.63, 3.8) is 0 Å². The fourth-order valence-corrected chi connectivity index (χ4v) is 1.15. The number of amides is 1. The van der Waals surface area contributed by atoms with E-state index in [2.05, 4.69) is 17.5 Å². The maximum atomic E-state index is 10.7. The number of rotatable bonds is 1. The molecule has 0 aromatic rings. The second-order valence-electron chi connectivity index (χ2n) is 2.60. The molecule has 0 heterocycles. The van der Waals surface area contributed by atoms with Crippen LogP contribution in [0.4, 0.5) is 0 Å². The van der Waals surface area contributed by atoms with Gasteiger partial charge in [-0.2, -0.15) is 0 Å². The van der Waals surface area contributed by atoms with Gasteiger partial charge in [0.15, 0.2) is 0 Å². The number of carbonyl (C=O) groups excluding carboxylic acids is 1. The van der Waals surface area contributed by atoms with Gasteiger partial charge in [0.25, 0.3) is 5.91 Å². The summed E-state index contributed by atoms with van der Waals surface area (Å²) >= 11 is 0. The van der Waals surface area contributed by atoms with E-state index in [0.717, 1.165) is 19.3 Å². The summed E-state index contributed by atoms with van der Waals surface area (Å²) in [5, 5.41) is 2.74. The van der Waals surface area contributed by atoms with Crippen molar-refractivity contribution in [1.29, 1.82) is 0 Å². The van der Waals surface area contributed by atoms with Crippen LogP contribution in [0.15, 0.2) is 12.2 Å². The molecule has 1 unspecified atom stereocenters. The summed E-state index contributed by atoms with van der Waals surface area (Å²) in [6.45, 7) is 0. The Morgan fingerprint density at radius 2 is 2.45 bits per heavy atom. The molecule has 0 radical (unpaired) electrons. The van der Waals surface area contributed by atoms with Crippen molar-refractivity contribution in [2.24, 2.45) is 0 Å². The first kappa shape index (κ1) is 7.87. The van der Waals surface area contributed by atoms with Crippen LogP contribution in [0.2, 0.25) is 0 Å². The Kier molecular flexibility index (Phi) is 2.74. The van der Waals surface area contributed by atoms with Gasteiger partial charge < -0.3 is 5.32 Å². The van der Waals surface area contributed by atoms with Gasteiger partial charge in [-0.15, -0.1) is 6.42 Å². The Labute approximate surface area is 66.7 Å². The van der Waals surface area contributed by atoms with E-state index in [1.54, 1.807) is 0 Å². The Bertz CT molecular complexity index is 212. The molecule has 0 bridgehead atoms. The number of terminal acetylenes is 1. The first-order chi connectivity index (χ1) is 5.33. The fourth-order valence-electron chi connectivity index (χ4n) is 1.15. The zero-order valence-corrected chi connectivity index (χ0v) is 6.34. The van der Waals surface area contributed by atoms with E-state index in [9.17, 15) is 4.79 Å². The summed E-state index contributed by atoms with van der Waals surface area (Å²) in [6.07, 6.45) is 12.1. The Morgan fingerprint density at radius 1 is 1.64 bits per heavy atom. The van der Waals surface area contributed by atoms with E-state index in [1.807, 2.05) is 5.92 Å². The Balaban J connectivity index is 2.33. The normalized spacial score (nSPS) is 22.3. The van der Waals surface area contributed by atoms with Gasteiger partial charge in [0.2, 0.25) is 0 Å². The largest absolute Gasteiger partial charge is 0.342 e. The van der Waals surface area contributed by atoms with E-state index in [1.165, 1.54) is 0 Å². The molecule has 0 aromatic carbocycles. The molecule has 0 aromatic heterocycles. The molecule has 0 saturated carbocycles. The minimum atomic E-state index is -0.301. The van der Waals surface area contributed by atoms with Crippen LogP contribution < -0.4 is 5.32 Å². The SMILES string of the molecule is C#CC(=O)NC1CC=CCC1. The van der Waals surface area contributed by atoms with Crippen LogP contribution in [-0.2, 0) is 4.79 Å². The van der Waals surface area contributed by atoms with E-state index in [4.69, 9.17) is 6.42 Å². The monoisotopic (exact) mass is 149 g/mol. The molecule has 1 aliphatic rings. The van der Waals surface area contributed by atoms with Gasteiger partial charge in [-0.3, -0.25) is 4.79 Å². The molecule has 58 valence electrons. The number of allylic oxidation sites excluding steroid dienone is 1. The summed E-state index contributed by atoms with van der Waals surface area (Å²) in [7, 11) is 0. The van der Waals surface area contributed by atoms with Gasteiger partial charge in [0.1, 0.15) is 0 Å². The Morgan fingerprint density at radius 3 is 3.00 bits per heavy atom. The number of hydrogen-bond acceptors (Lipinski definition) is 1. The highest BCUT2D eigenvalue weighted by molar-refractivity contribution is 5.93. The van der Waals surface area contributed by atoms with Crippen molar-refractivity contribution in [2.75, 3.05) is 0 Å². The molecule has 0 fully saturated rings. The van der Waals surface area contributed by atoms with Crippen molar-refractivity contribution in [1.82, 2.24) is 5.32 Å². The molecular formula is C9H11NO. The third-order valence-electron chi connectivity index (χ3n) is 1.74. The summed E-state index contributed by atoms with van der Waals surface area (Å²) in [4.78, 5) is 10.7. The smallest absolute Gasteiger partial charge is 0.295 e. The number of nitrogens with one attached hydrogen (secondary N) is 1. The van der Waals surface area contributed by atoms with Crippen LogP contribution in [0.5, 0.6) is 0 Å². The number of hydrogen-bond donors (Lipinski definition) is 1. The van der Waals surface area contributed by atoms with Crippen LogP contribution in [0.3, 0.4) is 0 Å². The van der Waals surface area contributed by atoms with E-state index in [0.29, 0.717) is 0 Å². The topological polar surface area (TPSA) is 29.1 Å². The van der Waals surface area contributed by atoms with Gasteiger partial charge >= 0.3 is 0 Å². The maximum Gasteiger partial charge on any atom is 0.295 e. The van der Waals surface area contributed by atoms with E-state index in [-0.39, 0.29) is 11.9 Å². The van der Waals surface area contributed by atoms with Crippen LogP contribution in [-0.4, -0.2) is 11.9 Å². The summed E-state index contributed by atoms with van der Waals surface area (Å²) < 4.78 is 0. The second-order valence-corrected chi connectivity index (χ2v) is 2.60. The average molecular weight is 149 g/mol. The van der Waals surface area contributed by atoms with Crippen LogP contribution in [0.1, 0.15) is 19.3 Å². The van der Waals surface area contributed by atoms with Crippen LogP contribution >= 0.6 is 0 Å². The summed E-state index contributed by atoms with van der Waals surface area (Å²) in [6, 6.07) is 0.253. The molecule has 0 spiro atoms. The van der Waals surface area contributed by atoms with Crippen LogP contribution in [0, 0.1) is 12.3 Å². The van der Waals surface area contributed by atoms with Crippen molar-refractivity contribution < 1.29 is 4.79 Å². The average Bonchev–Trinajstić information content (AvgIpc) is 2.06. The van der Waals surface area contributed by atoms with Gasteiger partial charge in [-0.25, -0.2) is 0 Å². The molecule has 1 atom stereocenters. The van der Waals surface area contributed by atoms with E-state index >= 15 is 0 Å². The quantitative estimate of drug-likeness (QED) is 0.434. The molecule has 1 N–H and O–H groups in total. The van der Waals surface area contributed by atoms with Gasteiger partial charge in [0, 0.05) is 6.04 Å². The molecule has 1 aliphatic carbocycles. The molecular weight excluding hydrogens is 138 g/mol. The maximum absolute atomic E-state index is 10.7. The Hall–Kier alpha value is -1.23. The number of carbonyl (C=O) groups is 1. The predicted octanol–water partition coefficient (Wildman–Crippen LogP) is 0.844. The molecule has 2 nitrogen and oxygen atoms in total. The third kappa shape index (κ3) is 2.46. The predicted molar refractivity (Wildman–Crippen MR) is 43.8 cm³/mol. The lowest BCUT2D eigenvalue weighted by Crippen LogP contribution is -2.34. The van der Waals surface area contributed by atoms with Crippen molar-refractivity contribution in [2.45, 2.75) is 25.3 Å². The molecule has 1 amide bonds. The first-order valence-electron chi connectivity index (χ1n) is 3.75. The molecule has 1 rings (SSSR count). The van der Waals surface area contributed by atoms with Gasteiger partial charge in [-0.1, -0.05) is 12.2 Å². The first-order valence-corrected chi connectivity index (χ1v) is 3.75. The highest BCUT2D eigenvalue weighted by Crippen LogP contribution is 2.09. The zero-order valence-electron chi connectivity index (χ0n) is 6.34. The molecule has 0 aliphatic heterocycles.